The Hall–Kier alpha value is -1.36. The Balaban J connectivity index is 2.26. The molecule has 104 valence electrons. The van der Waals surface area contributed by atoms with E-state index in [0.717, 1.165) is 37.3 Å². The van der Waals surface area contributed by atoms with E-state index in [-0.39, 0.29) is 5.28 Å². The van der Waals surface area contributed by atoms with E-state index in [2.05, 4.69) is 38.7 Å². The number of fused-ring (bicyclic) bond motifs is 1. The molecule has 0 radical (unpaired) electrons. The molecule has 0 aliphatic carbocycles. The molecule has 1 N–H and O–H groups in total. The number of halogens is 1. The molecular formula is C13H20ClN5. The van der Waals surface area contributed by atoms with Gasteiger partial charge in [0.05, 0.1) is 6.33 Å². The number of anilines is 1. The van der Waals surface area contributed by atoms with E-state index in [0.29, 0.717) is 5.65 Å². The standard InChI is InChI=1S/C13H20ClN5/c1-3-5-6-7-15-11-10-12(18-13(14)17-11)16-9-19(10)8-4-2/h9H,3-8H2,1-2H3,(H,15,17,18). The van der Waals surface area contributed by atoms with Crippen molar-refractivity contribution < 1.29 is 0 Å². The molecule has 0 atom stereocenters. The lowest BCUT2D eigenvalue weighted by molar-refractivity contribution is 0.696. The molecule has 2 rings (SSSR count). The fraction of sp³-hybridized carbons (Fsp3) is 0.615. The highest BCUT2D eigenvalue weighted by atomic mass is 35.5. The summed E-state index contributed by atoms with van der Waals surface area (Å²) in [5.74, 6) is 0.789. The van der Waals surface area contributed by atoms with Crippen LogP contribution in [0.15, 0.2) is 6.33 Å². The number of aromatic nitrogens is 4. The van der Waals surface area contributed by atoms with Gasteiger partial charge < -0.3 is 9.88 Å². The molecule has 0 aromatic carbocycles. The highest BCUT2D eigenvalue weighted by molar-refractivity contribution is 6.28. The number of aryl methyl sites for hydroxylation is 1. The molecule has 0 aliphatic rings. The van der Waals surface area contributed by atoms with Gasteiger partial charge in [-0.15, -0.1) is 0 Å². The van der Waals surface area contributed by atoms with Gasteiger partial charge in [-0.05, 0) is 24.4 Å². The molecule has 5 nitrogen and oxygen atoms in total. The van der Waals surface area contributed by atoms with Crippen LogP contribution in [0.4, 0.5) is 5.82 Å². The van der Waals surface area contributed by atoms with Gasteiger partial charge in [0, 0.05) is 13.1 Å². The van der Waals surface area contributed by atoms with Gasteiger partial charge in [-0.2, -0.15) is 9.97 Å². The predicted octanol–water partition coefficient (Wildman–Crippen LogP) is 3.49. The van der Waals surface area contributed by atoms with Crippen LogP contribution in [0.25, 0.3) is 11.2 Å². The molecule has 0 aliphatic heterocycles. The van der Waals surface area contributed by atoms with Crippen LogP contribution in [0.3, 0.4) is 0 Å². The number of rotatable bonds is 7. The lowest BCUT2D eigenvalue weighted by Gasteiger charge is -2.09. The molecule has 0 saturated heterocycles. The van der Waals surface area contributed by atoms with E-state index < -0.39 is 0 Å². The van der Waals surface area contributed by atoms with Gasteiger partial charge in [0.2, 0.25) is 5.28 Å². The number of unbranched alkanes of at least 4 members (excludes halogenated alkanes) is 2. The average molecular weight is 282 g/mol. The molecular weight excluding hydrogens is 262 g/mol. The largest absolute Gasteiger partial charge is 0.368 e. The van der Waals surface area contributed by atoms with E-state index in [1.165, 1.54) is 12.8 Å². The molecule has 0 spiro atoms. The fourth-order valence-electron chi connectivity index (χ4n) is 2.07. The van der Waals surface area contributed by atoms with Crippen molar-refractivity contribution in [2.45, 2.75) is 46.1 Å². The highest BCUT2D eigenvalue weighted by Gasteiger charge is 2.12. The van der Waals surface area contributed by atoms with Gasteiger partial charge in [-0.25, -0.2) is 4.98 Å². The second kappa shape index (κ2) is 6.70. The Labute approximate surface area is 118 Å². The molecule has 0 amide bonds. The summed E-state index contributed by atoms with van der Waals surface area (Å²) >= 11 is 5.94. The van der Waals surface area contributed by atoms with Gasteiger partial charge in [-0.3, -0.25) is 0 Å². The zero-order chi connectivity index (χ0) is 13.7. The molecule has 2 aromatic heterocycles. The van der Waals surface area contributed by atoms with Gasteiger partial charge in [0.15, 0.2) is 11.5 Å². The van der Waals surface area contributed by atoms with Gasteiger partial charge >= 0.3 is 0 Å². The first-order chi connectivity index (χ1) is 9.26. The quantitative estimate of drug-likeness (QED) is 0.623. The van der Waals surface area contributed by atoms with E-state index in [4.69, 9.17) is 11.6 Å². The number of hydrogen-bond acceptors (Lipinski definition) is 4. The van der Waals surface area contributed by atoms with E-state index in [1.807, 2.05) is 0 Å². The maximum absolute atomic E-state index is 5.94. The highest BCUT2D eigenvalue weighted by Crippen LogP contribution is 2.21. The summed E-state index contributed by atoms with van der Waals surface area (Å²) in [7, 11) is 0. The maximum atomic E-state index is 5.94. The minimum atomic E-state index is 0.243. The summed E-state index contributed by atoms with van der Waals surface area (Å²) in [6, 6.07) is 0. The average Bonchev–Trinajstić information content (AvgIpc) is 2.78. The molecule has 0 saturated carbocycles. The van der Waals surface area contributed by atoms with Crippen molar-refractivity contribution in [2.75, 3.05) is 11.9 Å². The summed E-state index contributed by atoms with van der Waals surface area (Å²) in [6.45, 7) is 6.13. The molecule has 2 heterocycles. The van der Waals surface area contributed by atoms with E-state index in [9.17, 15) is 0 Å². The summed E-state index contributed by atoms with van der Waals surface area (Å²) in [5, 5.41) is 3.59. The van der Waals surface area contributed by atoms with Crippen molar-refractivity contribution in [3.05, 3.63) is 11.6 Å². The Kier molecular flexibility index (Phi) is 4.96. The Morgan fingerprint density at radius 1 is 1.21 bits per heavy atom. The Morgan fingerprint density at radius 2 is 2.05 bits per heavy atom. The van der Waals surface area contributed by atoms with Gasteiger partial charge in [-0.1, -0.05) is 26.7 Å². The SMILES string of the molecule is CCCCCNc1nc(Cl)nc2ncn(CCC)c12. The van der Waals surface area contributed by atoms with E-state index >= 15 is 0 Å². The van der Waals surface area contributed by atoms with Crippen LogP contribution in [0.1, 0.15) is 39.5 Å². The van der Waals surface area contributed by atoms with Crippen LogP contribution in [0.2, 0.25) is 5.28 Å². The van der Waals surface area contributed by atoms with Crippen molar-refractivity contribution >= 4 is 28.6 Å². The number of hydrogen-bond donors (Lipinski definition) is 1. The summed E-state index contributed by atoms with van der Waals surface area (Å²) in [5.41, 5.74) is 1.61. The molecule has 19 heavy (non-hydrogen) atoms. The molecule has 2 aromatic rings. The van der Waals surface area contributed by atoms with Crippen molar-refractivity contribution in [3.8, 4) is 0 Å². The van der Waals surface area contributed by atoms with Crippen molar-refractivity contribution in [3.63, 3.8) is 0 Å². The summed E-state index contributed by atoms with van der Waals surface area (Å²) in [4.78, 5) is 12.8. The topological polar surface area (TPSA) is 55.6 Å². The first-order valence-corrected chi connectivity index (χ1v) is 7.26. The molecule has 0 fully saturated rings. The normalized spacial score (nSPS) is 11.1. The zero-order valence-corrected chi connectivity index (χ0v) is 12.2. The molecule has 6 heteroatoms. The Bertz CT molecular complexity index is 537. The van der Waals surface area contributed by atoms with Gasteiger partial charge in [0.1, 0.15) is 5.52 Å². The van der Waals surface area contributed by atoms with Crippen LogP contribution >= 0.6 is 11.6 Å². The van der Waals surface area contributed by atoms with Crippen LogP contribution in [0.5, 0.6) is 0 Å². The van der Waals surface area contributed by atoms with Crippen LogP contribution < -0.4 is 5.32 Å². The third kappa shape index (κ3) is 3.35. The minimum absolute atomic E-state index is 0.243. The number of nitrogens with one attached hydrogen (secondary N) is 1. The molecule has 0 bridgehead atoms. The predicted molar refractivity (Wildman–Crippen MR) is 78.6 cm³/mol. The summed E-state index contributed by atoms with van der Waals surface area (Å²) in [6.07, 6.45) is 6.39. The maximum Gasteiger partial charge on any atom is 0.226 e. The third-order valence-corrected chi connectivity index (χ3v) is 3.15. The summed E-state index contributed by atoms with van der Waals surface area (Å²) < 4.78 is 2.08. The lowest BCUT2D eigenvalue weighted by atomic mass is 10.2. The van der Waals surface area contributed by atoms with Crippen LogP contribution in [0, 0.1) is 0 Å². The minimum Gasteiger partial charge on any atom is -0.368 e. The molecule has 0 unspecified atom stereocenters. The van der Waals surface area contributed by atoms with Crippen LogP contribution in [-0.2, 0) is 6.54 Å². The first kappa shape index (κ1) is 14.1. The van der Waals surface area contributed by atoms with Gasteiger partial charge in [0.25, 0.3) is 0 Å². The number of imidazole rings is 1. The first-order valence-electron chi connectivity index (χ1n) is 6.88. The van der Waals surface area contributed by atoms with E-state index in [1.54, 1.807) is 6.33 Å². The second-order valence-electron chi connectivity index (χ2n) is 4.59. The van der Waals surface area contributed by atoms with Crippen molar-refractivity contribution in [1.82, 2.24) is 19.5 Å². The monoisotopic (exact) mass is 281 g/mol. The third-order valence-electron chi connectivity index (χ3n) is 2.98. The lowest BCUT2D eigenvalue weighted by Crippen LogP contribution is -2.07. The van der Waals surface area contributed by atoms with Crippen molar-refractivity contribution in [2.24, 2.45) is 0 Å². The Morgan fingerprint density at radius 3 is 2.79 bits per heavy atom. The smallest absolute Gasteiger partial charge is 0.226 e. The second-order valence-corrected chi connectivity index (χ2v) is 4.92. The zero-order valence-electron chi connectivity index (χ0n) is 11.5. The number of nitrogens with zero attached hydrogens (tertiary/aromatic N) is 4. The van der Waals surface area contributed by atoms with Crippen LogP contribution in [-0.4, -0.2) is 26.1 Å². The fourth-order valence-corrected chi connectivity index (χ4v) is 2.23. The van der Waals surface area contributed by atoms with Crippen molar-refractivity contribution in [1.29, 1.82) is 0 Å².